The molecule has 0 aliphatic rings. The minimum atomic E-state index is 1.66. The van der Waals surface area contributed by atoms with Crippen molar-refractivity contribution < 1.29 is 0 Å². The summed E-state index contributed by atoms with van der Waals surface area (Å²) in [4.78, 5) is 0. The molecular weight excluding hydrogens is 84.1 g/mol. The van der Waals surface area contributed by atoms with Gasteiger partial charge in [-0.25, -0.2) is 0 Å². The van der Waals surface area contributed by atoms with E-state index in [1.54, 1.807) is 18.2 Å². The Balaban J connectivity index is 3.88. The van der Waals surface area contributed by atoms with Crippen molar-refractivity contribution in [1.82, 2.24) is 0 Å². The number of allylic oxidation sites excluding steroid dienone is 3. The van der Waals surface area contributed by atoms with Gasteiger partial charge in [0.15, 0.2) is 0 Å². The van der Waals surface area contributed by atoms with Crippen LogP contribution >= 0.6 is 0 Å². The fourth-order valence-electron chi connectivity index (χ4n) is 0.190. The van der Waals surface area contributed by atoms with Gasteiger partial charge in [-0.2, -0.15) is 0 Å². The first-order valence-electron chi connectivity index (χ1n) is 2.15. The molecule has 0 aliphatic heterocycles. The van der Waals surface area contributed by atoms with Crippen molar-refractivity contribution in [2.75, 3.05) is 0 Å². The lowest BCUT2D eigenvalue weighted by molar-refractivity contribution is 1.77. The van der Waals surface area contributed by atoms with Crippen molar-refractivity contribution in [3.63, 3.8) is 0 Å². The van der Waals surface area contributed by atoms with Crippen LogP contribution in [0.1, 0.15) is 6.92 Å². The number of hydrogen-bond donors (Lipinski definition) is 0. The third-order valence-electron chi connectivity index (χ3n) is 0.429. The molecule has 0 aromatic carbocycles. The van der Waals surface area contributed by atoms with Crippen molar-refractivity contribution in [2.24, 2.45) is 0 Å². The lowest BCUT2D eigenvalue weighted by Gasteiger charge is -1.52. The van der Waals surface area contributed by atoms with Gasteiger partial charge in [-0.3, -0.25) is 0 Å². The molecule has 0 radical (unpaired) electrons. The normalized spacial score (nSPS) is 5.29. The molecule has 0 heterocycles. The molecule has 0 rings (SSSR count). The average molecular weight is 92.1 g/mol. The summed E-state index contributed by atoms with van der Waals surface area (Å²) in [5, 5.41) is 0. The van der Waals surface area contributed by atoms with E-state index < -0.39 is 0 Å². The lowest BCUT2D eigenvalue weighted by Crippen LogP contribution is -1.31. The molecule has 0 fully saturated rings. The molecule has 0 amide bonds. The molecule has 0 saturated heterocycles. The summed E-state index contributed by atoms with van der Waals surface area (Å²) in [7, 11) is 0. The zero-order valence-corrected chi connectivity index (χ0v) is 4.44. The van der Waals surface area contributed by atoms with Crippen LogP contribution in [0.25, 0.3) is 0 Å². The van der Waals surface area contributed by atoms with Crippen molar-refractivity contribution in [2.45, 2.75) is 6.92 Å². The first-order valence-corrected chi connectivity index (χ1v) is 2.15. The quantitative estimate of drug-likeness (QED) is 0.343. The predicted octanol–water partition coefficient (Wildman–Crippen LogP) is 2.06. The van der Waals surface area contributed by atoms with Crippen molar-refractivity contribution in [3.8, 4) is 0 Å². The number of rotatable bonds is 1. The van der Waals surface area contributed by atoms with Gasteiger partial charge in [0, 0.05) is 0 Å². The van der Waals surface area contributed by atoms with E-state index in [4.69, 9.17) is 0 Å². The average Bonchev–Trinajstić information content (AvgIpc) is 1.69. The first-order chi connectivity index (χ1) is 3.41. The summed E-state index contributed by atoms with van der Waals surface area (Å²) >= 11 is 0. The van der Waals surface area contributed by atoms with Crippen LogP contribution in [0.5, 0.6) is 0 Å². The van der Waals surface area contributed by atoms with Crippen LogP contribution in [-0.4, -0.2) is 0 Å². The van der Waals surface area contributed by atoms with Crippen LogP contribution in [0.3, 0.4) is 0 Å². The maximum absolute atomic E-state index is 3.46. The smallest absolute Gasteiger partial charge is 0.0121 e. The third-order valence-corrected chi connectivity index (χ3v) is 0.429. The largest absolute Gasteiger partial charge is 0.0984 e. The van der Waals surface area contributed by atoms with Crippen molar-refractivity contribution in [1.29, 1.82) is 0 Å². The molecule has 0 spiro atoms. The molecule has 0 bridgehead atoms. The predicted molar refractivity (Wildman–Crippen MR) is 32.0 cm³/mol. The Kier molecular flexibility index (Phi) is 4.35. The van der Waals surface area contributed by atoms with Gasteiger partial charge in [-0.1, -0.05) is 24.1 Å². The Hall–Kier alpha value is -0.960. The monoisotopic (exact) mass is 92.1 g/mol. The fourth-order valence-corrected chi connectivity index (χ4v) is 0.190. The highest BCUT2D eigenvalue weighted by Crippen LogP contribution is 1.62. The summed E-state index contributed by atoms with van der Waals surface area (Å²) in [6.45, 7) is 5.35. The van der Waals surface area contributed by atoms with E-state index in [2.05, 4.69) is 18.0 Å². The van der Waals surface area contributed by atoms with Gasteiger partial charge >= 0.3 is 0 Å². The van der Waals surface area contributed by atoms with Gasteiger partial charge < -0.3 is 0 Å². The van der Waals surface area contributed by atoms with Gasteiger partial charge in [0.25, 0.3) is 0 Å². The third kappa shape index (κ3) is 5.04. The second-order valence-corrected chi connectivity index (χ2v) is 0.980. The van der Waals surface area contributed by atoms with Gasteiger partial charge in [0.05, 0.1) is 0 Å². The summed E-state index contributed by atoms with van der Waals surface area (Å²) < 4.78 is 0. The molecule has 0 aromatic heterocycles. The second-order valence-electron chi connectivity index (χ2n) is 0.980. The molecule has 0 nitrogen and oxygen atoms in total. The molecule has 0 atom stereocenters. The van der Waals surface area contributed by atoms with Crippen LogP contribution in [0.2, 0.25) is 0 Å². The molecule has 36 valence electrons. The maximum atomic E-state index is 3.46. The van der Waals surface area contributed by atoms with Crippen LogP contribution < -0.4 is 0 Å². The molecule has 0 aliphatic carbocycles. The van der Waals surface area contributed by atoms with Gasteiger partial charge in [0.1, 0.15) is 0 Å². The van der Waals surface area contributed by atoms with Crippen molar-refractivity contribution in [3.05, 3.63) is 36.3 Å². The van der Waals surface area contributed by atoms with E-state index in [1.807, 2.05) is 6.92 Å². The van der Waals surface area contributed by atoms with Crippen LogP contribution in [0, 0.1) is 0 Å². The summed E-state index contributed by atoms with van der Waals surface area (Å²) in [5.41, 5.74) is 5.48. The molecule has 0 saturated carbocycles. The summed E-state index contributed by atoms with van der Waals surface area (Å²) in [6.07, 6.45) is 5.16. The molecular formula is C7H8. The van der Waals surface area contributed by atoms with E-state index in [9.17, 15) is 0 Å². The zero-order chi connectivity index (χ0) is 5.54. The maximum Gasteiger partial charge on any atom is -0.0121 e. The fraction of sp³-hybridized carbons (Fsp3) is 0.143. The molecule has 0 unspecified atom stereocenters. The number of hydrogen-bond acceptors (Lipinski definition) is 0. The van der Waals surface area contributed by atoms with Crippen molar-refractivity contribution >= 4 is 0 Å². The minimum absolute atomic E-state index is 1.66. The van der Waals surface area contributed by atoms with Gasteiger partial charge in [-0.15, -0.1) is 0 Å². The van der Waals surface area contributed by atoms with Crippen LogP contribution in [-0.2, 0) is 0 Å². The molecule has 0 aromatic rings. The molecule has 0 heteroatoms. The Labute approximate surface area is 44.2 Å². The first kappa shape index (κ1) is 6.04. The van der Waals surface area contributed by atoms with E-state index in [-0.39, 0.29) is 0 Å². The van der Waals surface area contributed by atoms with E-state index in [0.29, 0.717) is 0 Å². The Morgan fingerprint density at radius 1 is 1.43 bits per heavy atom. The topological polar surface area (TPSA) is 0 Å². The Bertz CT molecular complexity index is 128. The van der Waals surface area contributed by atoms with Crippen LogP contribution in [0.15, 0.2) is 36.3 Å². The van der Waals surface area contributed by atoms with E-state index in [1.165, 1.54) is 0 Å². The Morgan fingerprint density at radius 2 is 2.14 bits per heavy atom. The Morgan fingerprint density at radius 3 is 2.57 bits per heavy atom. The van der Waals surface area contributed by atoms with E-state index >= 15 is 0 Å². The van der Waals surface area contributed by atoms with Gasteiger partial charge in [-0.05, 0) is 19.1 Å². The van der Waals surface area contributed by atoms with Crippen LogP contribution in [0.4, 0.5) is 0 Å². The lowest BCUT2D eigenvalue weighted by atomic mass is 10.5. The molecule has 0 N–H and O–H groups in total. The highest BCUT2D eigenvalue weighted by Gasteiger charge is 1.42. The van der Waals surface area contributed by atoms with Gasteiger partial charge in [0.2, 0.25) is 0 Å². The highest BCUT2D eigenvalue weighted by molar-refractivity contribution is 4.96. The highest BCUT2D eigenvalue weighted by atomic mass is 13.5. The second kappa shape index (κ2) is 5.04. The molecule has 7 heavy (non-hydrogen) atoms. The van der Waals surface area contributed by atoms with E-state index in [0.717, 1.165) is 0 Å². The SMILES string of the molecule is C=CC=C=C=CC. The minimum Gasteiger partial charge on any atom is -0.0984 e. The zero-order valence-electron chi connectivity index (χ0n) is 4.44. The standard InChI is InChI=1S/C7H8/c1-3-5-7-6-4-2/h3-5H,1H2,2H3. The summed E-state index contributed by atoms with van der Waals surface area (Å²) in [6, 6.07) is 0. The summed E-state index contributed by atoms with van der Waals surface area (Å²) in [5.74, 6) is 0.